The predicted molar refractivity (Wildman–Crippen MR) is 71.1 cm³/mol. The first-order valence-corrected chi connectivity index (χ1v) is 6.74. The highest BCUT2D eigenvalue weighted by molar-refractivity contribution is 5.42. The molecule has 4 heteroatoms. The molecule has 0 N–H and O–H groups in total. The van der Waals surface area contributed by atoms with Crippen LogP contribution in [0.4, 0.5) is 0 Å². The fourth-order valence-electron chi connectivity index (χ4n) is 3.21. The van der Waals surface area contributed by atoms with Gasteiger partial charge in [0.05, 0.1) is 24.3 Å². The Balaban J connectivity index is 1.96. The number of ether oxygens (including phenoxy) is 2. The number of fused-ring (bicyclic) bond motifs is 1. The first-order chi connectivity index (χ1) is 8.94. The first kappa shape index (κ1) is 13.1. The van der Waals surface area contributed by atoms with Crippen molar-refractivity contribution in [3.63, 3.8) is 0 Å². The van der Waals surface area contributed by atoms with Crippen LogP contribution in [0.1, 0.15) is 38.8 Å². The van der Waals surface area contributed by atoms with Gasteiger partial charge in [0.15, 0.2) is 0 Å². The second kappa shape index (κ2) is 4.28. The minimum atomic E-state index is -0.590. The van der Waals surface area contributed by atoms with E-state index in [0.29, 0.717) is 13.2 Å². The van der Waals surface area contributed by atoms with Gasteiger partial charge in [0.25, 0.3) is 6.48 Å². The van der Waals surface area contributed by atoms with E-state index in [2.05, 4.69) is 52.0 Å². The molecule has 0 bridgehead atoms. The van der Waals surface area contributed by atoms with E-state index in [0.717, 1.165) is 0 Å². The van der Waals surface area contributed by atoms with Gasteiger partial charge in [-0.2, -0.15) is 5.06 Å². The van der Waals surface area contributed by atoms with Gasteiger partial charge < -0.3 is 9.47 Å². The van der Waals surface area contributed by atoms with Gasteiger partial charge in [-0.3, -0.25) is 0 Å². The van der Waals surface area contributed by atoms with Gasteiger partial charge in [0, 0.05) is 0 Å². The standard InChI is InChI=1S/C15H21NO3/c1-14(2)11-7-5-6-8-12(11)15(3,4)16(14)19-13-17-9-10-18-13/h5-8,13H,9-10H2,1-4H3. The molecule has 1 aromatic carbocycles. The highest BCUT2D eigenvalue weighted by atomic mass is 16.9. The van der Waals surface area contributed by atoms with Gasteiger partial charge in [-0.1, -0.05) is 24.3 Å². The van der Waals surface area contributed by atoms with Crippen LogP contribution in [0.15, 0.2) is 24.3 Å². The molecular formula is C15H21NO3. The molecule has 2 heterocycles. The van der Waals surface area contributed by atoms with E-state index < -0.39 is 6.48 Å². The van der Waals surface area contributed by atoms with Crippen LogP contribution in [-0.2, 0) is 25.4 Å². The largest absolute Gasteiger partial charge is 0.326 e. The lowest BCUT2D eigenvalue weighted by molar-refractivity contribution is -0.385. The average molecular weight is 263 g/mol. The minimum absolute atomic E-state index is 0.213. The summed E-state index contributed by atoms with van der Waals surface area (Å²) in [4.78, 5) is 5.97. The minimum Gasteiger partial charge on any atom is -0.326 e. The topological polar surface area (TPSA) is 30.9 Å². The number of hydrogen-bond donors (Lipinski definition) is 0. The van der Waals surface area contributed by atoms with Gasteiger partial charge in [0.2, 0.25) is 0 Å². The number of hydrogen-bond acceptors (Lipinski definition) is 4. The molecule has 104 valence electrons. The fraction of sp³-hybridized carbons (Fsp3) is 0.600. The lowest BCUT2D eigenvalue weighted by atomic mass is 9.91. The number of nitrogens with zero attached hydrogens (tertiary/aromatic N) is 1. The van der Waals surface area contributed by atoms with Gasteiger partial charge in [-0.15, -0.1) is 0 Å². The van der Waals surface area contributed by atoms with Crippen molar-refractivity contribution in [1.82, 2.24) is 5.06 Å². The molecule has 1 aromatic rings. The van der Waals surface area contributed by atoms with E-state index in [1.165, 1.54) is 11.1 Å². The zero-order valence-electron chi connectivity index (χ0n) is 12.0. The van der Waals surface area contributed by atoms with Crippen molar-refractivity contribution in [3.8, 4) is 0 Å². The third-order valence-electron chi connectivity index (χ3n) is 4.04. The summed E-state index contributed by atoms with van der Waals surface area (Å²) in [5.74, 6) is 0. The van der Waals surface area contributed by atoms with Crippen LogP contribution in [0.25, 0.3) is 0 Å². The maximum atomic E-state index is 5.97. The summed E-state index contributed by atoms with van der Waals surface area (Å²) in [5.41, 5.74) is 2.15. The zero-order chi connectivity index (χ0) is 13.7. The van der Waals surface area contributed by atoms with Crippen LogP contribution >= 0.6 is 0 Å². The van der Waals surface area contributed by atoms with Crippen LogP contribution in [-0.4, -0.2) is 24.8 Å². The van der Waals surface area contributed by atoms with Crippen molar-refractivity contribution in [3.05, 3.63) is 35.4 Å². The van der Waals surface area contributed by atoms with Crippen LogP contribution in [0, 0.1) is 0 Å². The van der Waals surface area contributed by atoms with Crippen LogP contribution < -0.4 is 0 Å². The maximum absolute atomic E-state index is 5.97. The summed E-state index contributed by atoms with van der Waals surface area (Å²) < 4.78 is 10.8. The molecule has 0 radical (unpaired) electrons. The molecule has 0 aliphatic carbocycles. The van der Waals surface area contributed by atoms with Crippen molar-refractivity contribution in [1.29, 1.82) is 0 Å². The van der Waals surface area contributed by atoms with E-state index in [1.54, 1.807) is 0 Å². The Hall–Kier alpha value is -0.940. The highest BCUT2D eigenvalue weighted by Crippen LogP contribution is 2.49. The zero-order valence-corrected chi connectivity index (χ0v) is 12.0. The Bertz CT molecular complexity index is 443. The van der Waals surface area contributed by atoms with Crippen molar-refractivity contribution >= 4 is 0 Å². The molecule has 0 atom stereocenters. The molecule has 0 unspecified atom stereocenters. The van der Waals surface area contributed by atoms with E-state index in [1.807, 2.05) is 5.06 Å². The Kier molecular flexibility index (Phi) is 2.94. The summed E-state index contributed by atoms with van der Waals surface area (Å²) in [6, 6.07) is 8.47. The normalized spacial score (nSPS) is 25.7. The van der Waals surface area contributed by atoms with Gasteiger partial charge >= 0.3 is 0 Å². The van der Waals surface area contributed by atoms with Crippen molar-refractivity contribution in [2.75, 3.05) is 13.2 Å². The van der Waals surface area contributed by atoms with Crippen molar-refractivity contribution in [2.24, 2.45) is 0 Å². The molecule has 0 amide bonds. The van der Waals surface area contributed by atoms with Crippen molar-refractivity contribution < 1.29 is 14.3 Å². The van der Waals surface area contributed by atoms with Gasteiger partial charge in [-0.25, -0.2) is 4.84 Å². The first-order valence-electron chi connectivity index (χ1n) is 6.74. The molecule has 1 saturated heterocycles. The summed E-state index contributed by atoms with van der Waals surface area (Å²) in [6.45, 7) is 9.24. The quantitative estimate of drug-likeness (QED) is 0.821. The van der Waals surface area contributed by atoms with E-state index in [-0.39, 0.29) is 11.1 Å². The van der Waals surface area contributed by atoms with Crippen LogP contribution in [0.3, 0.4) is 0 Å². The second-order valence-corrected chi connectivity index (χ2v) is 6.09. The molecular weight excluding hydrogens is 242 g/mol. The summed E-state index contributed by atoms with van der Waals surface area (Å²) in [7, 11) is 0. The lowest BCUT2D eigenvalue weighted by Crippen LogP contribution is -2.47. The van der Waals surface area contributed by atoms with Gasteiger partial charge in [0.1, 0.15) is 0 Å². The third kappa shape index (κ3) is 1.91. The number of rotatable bonds is 2. The average Bonchev–Trinajstić information content (AvgIpc) is 2.92. The summed E-state index contributed by atoms with van der Waals surface area (Å²) >= 11 is 0. The Morgan fingerprint density at radius 3 is 1.95 bits per heavy atom. The van der Waals surface area contributed by atoms with E-state index >= 15 is 0 Å². The predicted octanol–water partition coefficient (Wildman–Crippen LogP) is 2.73. The molecule has 0 saturated carbocycles. The highest BCUT2D eigenvalue weighted by Gasteiger charge is 2.51. The Labute approximate surface area is 114 Å². The van der Waals surface area contributed by atoms with Gasteiger partial charge in [-0.05, 0) is 38.8 Å². The molecule has 1 fully saturated rings. The molecule has 3 rings (SSSR count). The SMILES string of the molecule is CC1(C)c2ccccc2C(C)(C)N1OC1OCCO1. The molecule has 2 aliphatic rings. The number of hydroxylamine groups is 2. The molecule has 19 heavy (non-hydrogen) atoms. The Morgan fingerprint density at radius 2 is 1.47 bits per heavy atom. The molecule has 0 aromatic heterocycles. The van der Waals surface area contributed by atoms with Crippen LogP contribution in [0.5, 0.6) is 0 Å². The maximum Gasteiger partial charge on any atom is 0.288 e. The Morgan fingerprint density at radius 1 is 1.00 bits per heavy atom. The van der Waals surface area contributed by atoms with Crippen molar-refractivity contribution in [2.45, 2.75) is 45.2 Å². The molecule has 2 aliphatic heterocycles. The smallest absolute Gasteiger partial charge is 0.288 e. The fourth-order valence-corrected chi connectivity index (χ4v) is 3.21. The van der Waals surface area contributed by atoms with Crippen LogP contribution in [0.2, 0.25) is 0 Å². The molecule has 0 spiro atoms. The van der Waals surface area contributed by atoms with E-state index in [4.69, 9.17) is 14.3 Å². The lowest BCUT2D eigenvalue weighted by Gasteiger charge is -2.40. The summed E-state index contributed by atoms with van der Waals surface area (Å²) in [6.07, 6.45) is 0. The summed E-state index contributed by atoms with van der Waals surface area (Å²) in [5, 5.41) is 2.00. The van der Waals surface area contributed by atoms with E-state index in [9.17, 15) is 0 Å². The molecule has 4 nitrogen and oxygen atoms in total. The monoisotopic (exact) mass is 263 g/mol. The third-order valence-corrected chi connectivity index (χ3v) is 4.04. The number of benzene rings is 1. The second-order valence-electron chi connectivity index (χ2n) is 6.09.